The molecule has 170 valence electrons. The van der Waals surface area contributed by atoms with Gasteiger partial charge in [-0.25, -0.2) is 9.59 Å². The zero-order chi connectivity index (χ0) is 23.3. The molecule has 2 rings (SSSR count). The number of hydrogen-bond donors (Lipinski definition) is 3. The fourth-order valence-corrected chi connectivity index (χ4v) is 3.08. The summed E-state index contributed by atoms with van der Waals surface area (Å²) in [5.74, 6) is -1.41. The molecule has 8 nitrogen and oxygen atoms in total. The Bertz CT molecular complexity index is 927. The number of nitrogens with one attached hydrogen (secondary N) is 1. The van der Waals surface area contributed by atoms with E-state index < -0.39 is 24.1 Å². The maximum absolute atomic E-state index is 12.5. The van der Waals surface area contributed by atoms with E-state index in [1.165, 1.54) is 6.08 Å². The van der Waals surface area contributed by atoms with Crippen molar-refractivity contribution in [1.29, 1.82) is 0 Å². The van der Waals surface area contributed by atoms with Crippen LogP contribution in [0.3, 0.4) is 0 Å². The van der Waals surface area contributed by atoms with Crippen molar-refractivity contribution in [2.75, 3.05) is 13.2 Å². The van der Waals surface area contributed by atoms with Gasteiger partial charge in [0, 0.05) is 17.2 Å². The third-order valence-corrected chi connectivity index (χ3v) is 4.63. The zero-order valence-electron chi connectivity index (χ0n) is 17.8. The van der Waals surface area contributed by atoms with E-state index in [-0.39, 0.29) is 19.1 Å². The molecule has 0 saturated heterocycles. The van der Waals surface area contributed by atoms with Crippen molar-refractivity contribution in [2.45, 2.75) is 25.9 Å². The molecule has 2 amide bonds. The number of benzene rings is 2. The number of hydrogen-bond acceptors (Lipinski definition) is 6. The van der Waals surface area contributed by atoms with Gasteiger partial charge < -0.3 is 19.7 Å². The van der Waals surface area contributed by atoms with Crippen molar-refractivity contribution in [3.05, 3.63) is 77.9 Å². The van der Waals surface area contributed by atoms with Crippen LogP contribution >= 0.6 is 0 Å². The largest absolute Gasteiger partial charge is 0.491 e. The van der Waals surface area contributed by atoms with E-state index in [0.29, 0.717) is 29.7 Å². The van der Waals surface area contributed by atoms with Gasteiger partial charge in [0.15, 0.2) is 0 Å². The second-order valence-electron chi connectivity index (χ2n) is 7.05. The Hall–Kier alpha value is -3.65. The number of carboxylic acids is 1. The summed E-state index contributed by atoms with van der Waals surface area (Å²) >= 11 is 0. The summed E-state index contributed by atoms with van der Waals surface area (Å²) in [5, 5.41) is 20.1. The van der Waals surface area contributed by atoms with Gasteiger partial charge in [0.25, 0.3) is 5.91 Å². The number of carboxylic acid groups (broad SMARTS) is 1. The first kappa shape index (κ1) is 24.6. The maximum atomic E-state index is 12.5. The SMILES string of the molecule is C[C@@H](CC/C=C/C(=O)O)[C@H](OC(=O)NC(=O)c1ccccc1)c1ccccc1OCCO. The molecule has 2 aromatic rings. The predicted molar refractivity (Wildman–Crippen MR) is 117 cm³/mol. The van der Waals surface area contributed by atoms with Crippen LogP contribution in [0, 0.1) is 5.92 Å². The Morgan fingerprint density at radius 1 is 1.06 bits per heavy atom. The fourth-order valence-electron chi connectivity index (χ4n) is 3.08. The lowest BCUT2D eigenvalue weighted by molar-refractivity contribution is -0.131. The van der Waals surface area contributed by atoms with E-state index in [9.17, 15) is 14.4 Å². The summed E-state index contributed by atoms with van der Waals surface area (Å²) in [6, 6.07) is 15.3. The zero-order valence-corrected chi connectivity index (χ0v) is 17.8. The molecule has 0 fully saturated rings. The molecule has 2 aromatic carbocycles. The maximum Gasteiger partial charge on any atom is 0.414 e. The molecule has 0 bridgehead atoms. The Labute approximate surface area is 186 Å². The van der Waals surface area contributed by atoms with E-state index in [2.05, 4.69) is 5.32 Å². The molecule has 0 aliphatic carbocycles. The number of aliphatic hydroxyl groups is 1. The number of imide groups is 1. The molecule has 0 saturated carbocycles. The lowest BCUT2D eigenvalue weighted by Crippen LogP contribution is -2.33. The molecule has 0 aliphatic rings. The van der Waals surface area contributed by atoms with Gasteiger partial charge in [0.05, 0.1) is 6.61 Å². The van der Waals surface area contributed by atoms with E-state index in [1.54, 1.807) is 54.6 Å². The number of amides is 2. The molecule has 0 spiro atoms. The standard InChI is InChI=1S/C24H27NO7/c1-17(9-5-8-14-21(27)28)22(19-12-6-7-13-20(19)31-16-15-26)32-24(30)25-23(29)18-10-3-2-4-11-18/h2-4,6-8,10-14,17,22,26H,5,9,15-16H2,1H3,(H,27,28)(H,25,29,30)/b14-8+/t17-,22-/m0/s1. The molecule has 2 atom stereocenters. The van der Waals surface area contributed by atoms with Gasteiger partial charge >= 0.3 is 12.1 Å². The van der Waals surface area contributed by atoms with Crippen LogP contribution < -0.4 is 10.1 Å². The topological polar surface area (TPSA) is 122 Å². The second kappa shape index (κ2) is 12.9. The lowest BCUT2D eigenvalue weighted by atomic mass is 9.92. The first-order valence-corrected chi connectivity index (χ1v) is 10.2. The molecule has 0 heterocycles. The van der Waals surface area contributed by atoms with E-state index in [1.807, 2.05) is 6.92 Å². The van der Waals surface area contributed by atoms with Crippen molar-refractivity contribution >= 4 is 18.0 Å². The molecule has 3 N–H and O–H groups in total. The molecule has 0 unspecified atom stereocenters. The van der Waals surface area contributed by atoms with Gasteiger partial charge in [-0.05, 0) is 37.0 Å². The highest BCUT2D eigenvalue weighted by atomic mass is 16.6. The van der Waals surface area contributed by atoms with Crippen molar-refractivity contribution in [2.24, 2.45) is 5.92 Å². The molecular weight excluding hydrogens is 414 g/mol. The molecule has 0 aromatic heterocycles. The lowest BCUT2D eigenvalue weighted by Gasteiger charge is -2.26. The van der Waals surface area contributed by atoms with Crippen LogP contribution in [0.1, 0.15) is 41.8 Å². The molecule has 0 radical (unpaired) electrons. The van der Waals surface area contributed by atoms with Crippen molar-refractivity contribution in [3.8, 4) is 5.75 Å². The van der Waals surface area contributed by atoms with Crippen LogP contribution in [0.15, 0.2) is 66.7 Å². The van der Waals surface area contributed by atoms with E-state index in [0.717, 1.165) is 6.08 Å². The summed E-state index contributed by atoms with van der Waals surface area (Å²) < 4.78 is 11.2. The quantitative estimate of drug-likeness (QED) is 0.454. The third kappa shape index (κ3) is 7.88. The molecule has 32 heavy (non-hydrogen) atoms. The summed E-state index contributed by atoms with van der Waals surface area (Å²) in [5.41, 5.74) is 0.900. The normalized spacial score (nSPS) is 12.7. The van der Waals surface area contributed by atoms with Gasteiger partial charge in [-0.1, -0.05) is 49.4 Å². The van der Waals surface area contributed by atoms with Crippen LogP contribution in [0.2, 0.25) is 0 Å². The number of aliphatic carboxylic acids is 1. The number of carbonyl (C=O) groups is 3. The number of alkyl carbamates (subject to hydrolysis) is 1. The Morgan fingerprint density at radius 3 is 2.44 bits per heavy atom. The van der Waals surface area contributed by atoms with E-state index >= 15 is 0 Å². The number of allylic oxidation sites excluding steroid dienone is 1. The summed E-state index contributed by atoms with van der Waals surface area (Å²) in [7, 11) is 0. The third-order valence-electron chi connectivity index (χ3n) is 4.63. The van der Waals surface area contributed by atoms with Crippen LogP contribution in [0.5, 0.6) is 5.75 Å². The summed E-state index contributed by atoms with van der Waals surface area (Å²) in [6.07, 6.45) is 1.88. The van der Waals surface area contributed by atoms with Crippen LogP contribution in [0.25, 0.3) is 0 Å². The van der Waals surface area contributed by atoms with Crippen molar-refractivity contribution < 1.29 is 34.1 Å². The number of para-hydroxylation sites is 1. The average Bonchev–Trinajstić information content (AvgIpc) is 2.79. The van der Waals surface area contributed by atoms with Crippen molar-refractivity contribution in [1.82, 2.24) is 5.32 Å². The molecular formula is C24H27NO7. The minimum Gasteiger partial charge on any atom is -0.491 e. The number of rotatable bonds is 11. The summed E-state index contributed by atoms with van der Waals surface area (Å²) in [4.78, 5) is 35.5. The minimum atomic E-state index is -1.04. The van der Waals surface area contributed by atoms with Gasteiger partial charge in [0.1, 0.15) is 18.5 Å². The number of carbonyl (C=O) groups excluding carboxylic acids is 2. The van der Waals surface area contributed by atoms with Gasteiger partial charge in [-0.15, -0.1) is 0 Å². The Morgan fingerprint density at radius 2 is 1.75 bits per heavy atom. The highest BCUT2D eigenvalue weighted by molar-refractivity contribution is 6.02. The van der Waals surface area contributed by atoms with Crippen LogP contribution in [-0.4, -0.2) is 41.4 Å². The minimum absolute atomic E-state index is 0.0676. The monoisotopic (exact) mass is 441 g/mol. The number of ether oxygens (including phenoxy) is 2. The predicted octanol–water partition coefficient (Wildman–Crippen LogP) is 3.72. The van der Waals surface area contributed by atoms with Gasteiger partial charge in [0.2, 0.25) is 0 Å². The summed E-state index contributed by atoms with van der Waals surface area (Å²) in [6.45, 7) is 1.74. The first-order chi connectivity index (χ1) is 15.4. The fraction of sp³-hybridized carbons (Fsp3) is 0.292. The Balaban J connectivity index is 2.19. The van der Waals surface area contributed by atoms with Gasteiger partial charge in [-0.3, -0.25) is 10.1 Å². The highest BCUT2D eigenvalue weighted by Gasteiger charge is 2.27. The smallest absolute Gasteiger partial charge is 0.414 e. The Kier molecular flexibility index (Phi) is 9.93. The number of aliphatic hydroxyl groups excluding tert-OH is 1. The molecule has 8 heteroatoms. The molecule has 0 aliphatic heterocycles. The van der Waals surface area contributed by atoms with Crippen molar-refractivity contribution in [3.63, 3.8) is 0 Å². The average molecular weight is 441 g/mol. The second-order valence-corrected chi connectivity index (χ2v) is 7.05. The van der Waals surface area contributed by atoms with Crippen LogP contribution in [-0.2, 0) is 9.53 Å². The van der Waals surface area contributed by atoms with E-state index in [4.69, 9.17) is 19.7 Å². The highest BCUT2D eigenvalue weighted by Crippen LogP contribution is 2.35. The van der Waals surface area contributed by atoms with Crippen LogP contribution in [0.4, 0.5) is 4.79 Å². The first-order valence-electron chi connectivity index (χ1n) is 10.2. The van der Waals surface area contributed by atoms with Gasteiger partial charge in [-0.2, -0.15) is 0 Å².